The molecule has 4 heteroatoms. The molecular weight excluding hydrogens is 180 g/mol. The van der Waals surface area contributed by atoms with Crippen LogP contribution in [0.5, 0.6) is 0 Å². The van der Waals surface area contributed by atoms with Gasteiger partial charge >= 0.3 is 5.97 Å². The highest BCUT2D eigenvalue weighted by molar-refractivity contribution is 5.75. The summed E-state index contributed by atoms with van der Waals surface area (Å²) in [5.41, 5.74) is 0. The molecule has 2 atom stereocenters. The molecule has 0 radical (unpaired) electrons. The van der Waals surface area contributed by atoms with E-state index in [4.69, 9.17) is 4.74 Å². The Kier molecular flexibility index (Phi) is 4.35. The van der Waals surface area contributed by atoms with Crippen LogP contribution in [0.25, 0.3) is 0 Å². The van der Waals surface area contributed by atoms with Crippen molar-refractivity contribution in [1.82, 2.24) is 10.6 Å². The summed E-state index contributed by atoms with van der Waals surface area (Å²) in [7, 11) is 1.44. The molecule has 14 heavy (non-hydrogen) atoms. The number of carbonyl (C=O) groups excluding carboxylic acids is 1. The van der Waals surface area contributed by atoms with Crippen molar-refractivity contribution in [1.29, 1.82) is 0 Å². The van der Waals surface area contributed by atoms with E-state index in [-0.39, 0.29) is 17.9 Å². The molecule has 1 saturated heterocycles. The monoisotopic (exact) mass is 200 g/mol. The van der Waals surface area contributed by atoms with E-state index >= 15 is 0 Å². The van der Waals surface area contributed by atoms with Gasteiger partial charge in [-0.1, -0.05) is 13.8 Å². The van der Waals surface area contributed by atoms with E-state index in [1.807, 2.05) is 13.8 Å². The molecule has 1 fully saturated rings. The second-order valence-electron chi connectivity index (χ2n) is 4.10. The van der Waals surface area contributed by atoms with E-state index in [1.165, 1.54) is 7.11 Å². The lowest BCUT2D eigenvalue weighted by Gasteiger charge is -2.23. The molecule has 2 N–H and O–H groups in total. The lowest BCUT2D eigenvalue weighted by Crippen LogP contribution is -2.47. The second kappa shape index (κ2) is 5.32. The van der Waals surface area contributed by atoms with Gasteiger partial charge in [-0.05, 0) is 18.9 Å². The van der Waals surface area contributed by atoms with Gasteiger partial charge in [-0.2, -0.15) is 0 Å². The largest absolute Gasteiger partial charge is 0.468 e. The number of rotatable bonds is 4. The molecule has 1 aliphatic rings. The molecular formula is C10H20N2O2. The Balaban J connectivity index is 2.45. The Morgan fingerprint density at radius 1 is 1.57 bits per heavy atom. The normalized spacial score (nSPS) is 23.9. The van der Waals surface area contributed by atoms with Crippen LogP contribution in [0.3, 0.4) is 0 Å². The highest BCUT2D eigenvalue weighted by Crippen LogP contribution is 2.07. The molecule has 82 valence electrons. The van der Waals surface area contributed by atoms with Gasteiger partial charge in [0.1, 0.15) is 6.04 Å². The molecule has 0 spiro atoms. The van der Waals surface area contributed by atoms with Crippen molar-refractivity contribution < 1.29 is 9.53 Å². The van der Waals surface area contributed by atoms with Crippen molar-refractivity contribution in [2.24, 2.45) is 5.92 Å². The maximum atomic E-state index is 11.4. The lowest BCUT2D eigenvalue weighted by atomic mass is 10.0. The number of hydrogen-bond acceptors (Lipinski definition) is 4. The van der Waals surface area contributed by atoms with Gasteiger partial charge in [-0.25, -0.2) is 0 Å². The van der Waals surface area contributed by atoms with Crippen LogP contribution in [0.1, 0.15) is 20.3 Å². The third-order valence-corrected chi connectivity index (χ3v) is 2.60. The third kappa shape index (κ3) is 2.96. The lowest BCUT2D eigenvalue weighted by molar-refractivity contribution is -0.144. The molecule has 0 amide bonds. The molecule has 1 heterocycles. The number of carbonyl (C=O) groups is 1. The minimum absolute atomic E-state index is 0.160. The number of methoxy groups -OCH3 is 1. The predicted molar refractivity (Wildman–Crippen MR) is 55.1 cm³/mol. The molecule has 0 aliphatic carbocycles. The van der Waals surface area contributed by atoms with E-state index in [0.717, 1.165) is 19.5 Å². The van der Waals surface area contributed by atoms with Crippen LogP contribution >= 0.6 is 0 Å². The summed E-state index contributed by atoms with van der Waals surface area (Å²) in [4.78, 5) is 11.4. The molecule has 1 unspecified atom stereocenters. The molecule has 0 saturated carbocycles. The van der Waals surface area contributed by atoms with Gasteiger partial charge in [0.2, 0.25) is 0 Å². The van der Waals surface area contributed by atoms with Gasteiger partial charge in [0, 0.05) is 12.6 Å². The molecule has 4 nitrogen and oxygen atoms in total. The Labute approximate surface area is 85.4 Å². The molecule has 0 bridgehead atoms. The van der Waals surface area contributed by atoms with E-state index in [9.17, 15) is 4.79 Å². The summed E-state index contributed by atoms with van der Waals surface area (Å²) in [6, 6.07) is 0.228. The standard InChI is InChI=1S/C10H20N2O2/c1-7(2)9(10(13)14-3)12-8-4-5-11-6-8/h7-9,11-12H,4-6H2,1-3H3/t8?,9-/m0/s1. The number of ether oxygens (including phenoxy) is 1. The van der Waals surface area contributed by atoms with Crippen LogP contribution < -0.4 is 10.6 Å². The van der Waals surface area contributed by atoms with E-state index in [0.29, 0.717) is 6.04 Å². The summed E-state index contributed by atoms with van der Waals surface area (Å²) in [5, 5.41) is 6.59. The molecule has 0 aromatic carbocycles. The van der Waals surface area contributed by atoms with Crippen LogP contribution in [0, 0.1) is 5.92 Å². The zero-order chi connectivity index (χ0) is 10.6. The minimum atomic E-state index is -0.176. The Bertz CT molecular complexity index is 189. The smallest absolute Gasteiger partial charge is 0.323 e. The van der Waals surface area contributed by atoms with Crippen LogP contribution in [-0.4, -0.2) is 38.3 Å². The number of hydrogen-bond donors (Lipinski definition) is 2. The SMILES string of the molecule is COC(=O)[C@@H](NC1CCNC1)C(C)C. The average molecular weight is 200 g/mol. The van der Waals surface area contributed by atoms with Gasteiger partial charge in [0.15, 0.2) is 0 Å². The maximum absolute atomic E-state index is 11.4. The first-order chi connectivity index (χ1) is 6.65. The first kappa shape index (κ1) is 11.5. The van der Waals surface area contributed by atoms with E-state index in [1.54, 1.807) is 0 Å². The second-order valence-corrected chi connectivity index (χ2v) is 4.10. The van der Waals surface area contributed by atoms with Crippen molar-refractivity contribution in [3.8, 4) is 0 Å². The molecule has 1 aliphatic heterocycles. The van der Waals surface area contributed by atoms with Crippen molar-refractivity contribution >= 4 is 5.97 Å². The highest BCUT2D eigenvalue weighted by atomic mass is 16.5. The first-order valence-electron chi connectivity index (χ1n) is 5.19. The number of esters is 1. The van der Waals surface area contributed by atoms with Crippen LogP contribution in [-0.2, 0) is 9.53 Å². The van der Waals surface area contributed by atoms with Crippen molar-refractivity contribution in [2.45, 2.75) is 32.4 Å². The topological polar surface area (TPSA) is 50.4 Å². The highest BCUT2D eigenvalue weighted by Gasteiger charge is 2.26. The predicted octanol–water partition coefficient (Wildman–Crippen LogP) is 0.135. The summed E-state index contributed by atoms with van der Waals surface area (Å²) in [6.07, 6.45) is 1.08. The Morgan fingerprint density at radius 3 is 2.71 bits per heavy atom. The summed E-state index contributed by atoms with van der Waals surface area (Å²) >= 11 is 0. The quantitative estimate of drug-likeness (QED) is 0.634. The van der Waals surface area contributed by atoms with Gasteiger partial charge in [0.05, 0.1) is 7.11 Å². The third-order valence-electron chi connectivity index (χ3n) is 2.60. The maximum Gasteiger partial charge on any atom is 0.323 e. The van der Waals surface area contributed by atoms with Gasteiger partial charge in [-0.15, -0.1) is 0 Å². The van der Waals surface area contributed by atoms with Crippen LogP contribution in [0.15, 0.2) is 0 Å². The minimum Gasteiger partial charge on any atom is -0.468 e. The van der Waals surface area contributed by atoms with E-state index in [2.05, 4.69) is 10.6 Å². The molecule has 0 aromatic rings. The van der Waals surface area contributed by atoms with Crippen molar-refractivity contribution in [3.63, 3.8) is 0 Å². The number of nitrogens with one attached hydrogen (secondary N) is 2. The van der Waals surface area contributed by atoms with Crippen molar-refractivity contribution in [3.05, 3.63) is 0 Å². The first-order valence-corrected chi connectivity index (χ1v) is 5.19. The van der Waals surface area contributed by atoms with Crippen LogP contribution in [0.4, 0.5) is 0 Å². The summed E-state index contributed by atoms with van der Waals surface area (Å²) in [6.45, 7) is 6.03. The van der Waals surface area contributed by atoms with Gasteiger partial charge < -0.3 is 15.4 Å². The fourth-order valence-corrected chi connectivity index (χ4v) is 1.71. The van der Waals surface area contributed by atoms with E-state index < -0.39 is 0 Å². The zero-order valence-electron chi connectivity index (χ0n) is 9.17. The summed E-state index contributed by atoms with van der Waals surface area (Å²) < 4.78 is 4.76. The Morgan fingerprint density at radius 2 is 2.29 bits per heavy atom. The zero-order valence-corrected chi connectivity index (χ0v) is 9.17. The fraction of sp³-hybridized carbons (Fsp3) is 0.900. The summed E-state index contributed by atoms with van der Waals surface area (Å²) in [5.74, 6) is 0.106. The van der Waals surface area contributed by atoms with Crippen molar-refractivity contribution in [2.75, 3.05) is 20.2 Å². The fourth-order valence-electron chi connectivity index (χ4n) is 1.71. The van der Waals surface area contributed by atoms with Crippen LogP contribution in [0.2, 0.25) is 0 Å². The van der Waals surface area contributed by atoms with Gasteiger partial charge in [0.25, 0.3) is 0 Å². The van der Waals surface area contributed by atoms with Gasteiger partial charge in [-0.3, -0.25) is 4.79 Å². The molecule has 1 rings (SSSR count). The average Bonchev–Trinajstić information content (AvgIpc) is 2.65. The Hall–Kier alpha value is -0.610. The molecule has 0 aromatic heterocycles.